The number of alkyl halides is 2. The summed E-state index contributed by atoms with van der Waals surface area (Å²) in [6.07, 6.45) is -1.94. The Morgan fingerprint density at radius 2 is 1.80 bits per heavy atom. The Hall–Kier alpha value is -2.59. The Morgan fingerprint density at radius 1 is 1.10 bits per heavy atom. The minimum absolute atomic E-state index is 0.0675. The lowest BCUT2D eigenvalue weighted by atomic mass is 10.2. The third-order valence-corrected chi connectivity index (χ3v) is 6.38. The molecule has 0 spiro atoms. The summed E-state index contributed by atoms with van der Waals surface area (Å²) >= 11 is 0. The first-order chi connectivity index (χ1) is 14.4. The number of hydrogen-bond acceptors (Lipinski definition) is 4. The number of rotatable bonds is 5. The van der Waals surface area contributed by atoms with Crippen molar-refractivity contribution in [1.29, 1.82) is 0 Å². The molecule has 1 fully saturated rings. The summed E-state index contributed by atoms with van der Waals surface area (Å²) in [5.74, 6) is -1.84. The highest BCUT2D eigenvalue weighted by Crippen LogP contribution is 2.35. The van der Waals surface area contributed by atoms with Crippen molar-refractivity contribution in [3.8, 4) is 5.75 Å². The number of nitrogens with one attached hydrogen (secondary N) is 1. The predicted molar refractivity (Wildman–Crippen MR) is 107 cm³/mol. The molecule has 0 aliphatic carbocycles. The van der Waals surface area contributed by atoms with Gasteiger partial charge in [0.1, 0.15) is 5.75 Å². The van der Waals surface area contributed by atoms with E-state index < -0.39 is 34.6 Å². The lowest BCUT2D eigenvalue weighted by molar-refractivity contribution is 0.153. The van der Waals surface area contributed by atoms with Gasteiger partial charge in [-0.25, -0.2) is 21.8 Å². The first-order valence-electron chi connectivity index (χ1n) is 9.25. The fourth-order valence-electron chi connectivity index (χ4n) is 3.57. The highest BCUT2D eigenvalue weighted by molar-refractivity contribution is 7.83. The molecule has 2 heterocycles. The second kappa shape index (κ2) is 8.27. The summed E-state index contributed by atoms with van der Waals surface area (Å²) in [4.78, 5) is 2.40. The molecule has 160 valence electrons. The number of ether oxygens (including phenoxy) is 1. The van der Waals surface area contributed by atoms with Crippen LogP contribution in [0.5, 0.6) is 5.75 Å². The van der Waals surface area contributed by atoms with Crippen LogP contribution in [0.25, 0.3) is 10.9 Å². The molecule has 0 bridgehead atoms. The lowest BCUT2D eigenvalue weighted by Crippen LogP contribution is -2.43. The molecule has 1 aliphatic rings. The van der Waals surface area contributed by atoms with Gasteiger partial charge in [0.15, 0.2) is 22.6 Å². The second-order valence-corrected chi connectivity index (χ2v) is 8.18. The van der Waals surface area contributed by atoms with Crippen LogP contribution >= 0.6 is 0 Å². The fourth-order valence-corrected chi connectivity index (χ4v) is 4.73. The zero-order chi connectivity index (χ0) is 21.4. The maximum atomic E-state index is 13.8. The normalized spacial score (nSPS) is 15.7. The van der Waals surface area contributed by atoms with Crippen molar-refractivity contribution in [2.24, 2.45) is 0 Å². The minimum atomic E-state index is -2.93. The Morgan fingerprint density at radius 3 is 2.47 bits per heavy atom. The average molecular weight is 441 g/mol. The van der Waals surface area contributed by atoms with E-state index >= 15 is 0 Å². The Kier molecular flexibility index (Phi) is 5.70. The standard InChI is InChI=1S/C20H19F4N3O2S/c1-29-19-3-2-12(8-18(19)26-6-4-25-5-7-26)30(28)27-11-14(20(23)24)13-9-15(21)16(22)10-17(13)27/h2-3,8-11,20,25H,4-7H2,1H3. The minimum Gasteiger partial charge on any atom is -0.495 e. The van der Waals surface area contributed by atoms with Crippen LogP contribution in [0.1, 0.15) is 12.0 Å². The van der Waals surface area contributed by atoms with Crippen molar-refractivity contribution in [2.75, 3.05) is 38.2 Å². The maximum Gasteiger partial charge on any atom is 0.265 e. The first kappa shape index (κ1) is 20.7. The van der Waals surface area contributed by atoms with Gasteiger partial charge >= 0.3 is 0 Å². The van der Waals surface area contributed by atoms with E-state index in [2.05, 4.69) is 10.2 Å². The topological polar surface area (TPSA) is 46.5 Å². The Labute approximate surface area is 172 Å². The van der Waals surface area contributed by atoms with Crippen molar-refractivity contribution < 1.29 is 26.5 Å². The summed E-state index contributed by atoms with van der Waals surface area (Å²) < 4.78 is 74.1. The van der Waals surface area contributed by atoms with Crippen molar-refractivity contribution in [2.45, 2.75) is 11.3 Å². The number of nitrogens with zero attached hydrogens (tertiary/aromatic N) is 2. The van der Waals surface area contributed by atoms with E-state index in [-0.39, 0.29) is 10.9 Å². The van der Waals surface area contributed by atoms with Crippen LogP contribution in [0.15, 0.2) is 41.4 Å². The van der Waals surface area contributed by atoms with Gasteiger partial charge < -0.3 is 15.0 Å². The third-order valence-electron chi connectivity index (χ3n) is 5.07. The van der Waals surface area contributed by atoms with Crippen LogP contribution in [0, 0.1) is 11.6 Å². The van der Waals surface area contributed by atoms with E-state index in [9.17, 15) is 21.8 Å². The van der Waals surface area contributed by atoms with Gasteiger partial charge in [0.05, 0.1) is 23.2 Å². The Balaban J connectivity index is 1.81. The number of hydrogen-bond donors (Lipinski definition) is 1. The molecule has 1 atom stereocenters. The van der Waals surface area contributed by atoms with Gasteiger partial charge in [-0.2, -0.15) is 0 Å². The van der Waals surface area contributed by atoms with Gasteiger partial charge in [0, 0.05) is 49.4 Å². The second-order valence-electron chi connectivity index (χ2n) is 6.81. The molecule has 30 heavy (non-hydrogen) atoms. The van der Waals surface area contributed by atoms with E-state index in [0.29, 0.717) is 16.7 Å². The lowest BCUT2D eigenvalue weighted by Gasteiger charge is -2.30. The molecule has 1 N–H and O–H groups in total. The molecular formula is C20H19F4N3O2S. The fraction of sp³-hybridized carbons (Fsp3) is 0.300. The van der Waals surface area contributed by atoms with Gasteiger partial charge in [-0.15, -0.1) is 0 Å². The Bertz CT molecular complexity index is 1110. The summed E-state index contributed by atoms with van der Waals surface area (Å²) in [7, 11) is -0.429. The molecule has 3 aromatic rings. The maximum absolute atomic E-state index is 13.8. The van der Waals surface area contributed by atoms with Gasteiger partial charge in [-0.1, -0.05) is 0 Å². The van der Waals surface area contributed by atoms with E-state index in [1.807, 2.05) is 0 Å². The van der Waals surface area contributed by atoms with E-state index in [4.69, 9.17) is 4.74 Å². The summed E-state index contributed by atoms with van der Waals surface area (Å²) in [6.45, 7) is 3.00. The number of halogens is 4. The van der Waals surface area contributed by atoms with Gasteiger partial charge in [-0.3, -0.25) is 3.97 Å². The number of anilines is 1. The summed E-state index contributed by atoms with van der Waals surface area (Å²) in [5, 5.41) is 3.07. The number of benzene rings is 2. The van der Waals surface area contributed by atoms with Crippen LogP contribution in [-0.2, 0) is 11.0 Å². The van der Waals surface area contributed by atoms with Crippen LogP contribution in [-0.4, -0.2) is 41.5 Å². The van der Waals surface area contributed by atoms with Crippen LogP contribution in [0.2, 0.25) is 0 Å². The van der Waals surface area contributed by atoms with Crippen molar-refractivity contribution >= 4 is 27.6 Å². The van der Waals surface area contributed by atoms with Crippen LogP contribution < -0.4 is 15.0 Å². The third kappa shape index (κ3) is 3.65. The molecule has 4 rings (SSSR count). The van der Waals surface area contributed by atoms with Crippen molar-refractivity contribution in [1.82, 2.24) is 9.29 Å². The highest BCUT2D eigenvalue weighted by Gasteiger charge is 2.23. The van der Waals surface area contributed by atoms with Crippen LogP contribution in [0.4, 0.5) is 23.2 Å². The van der Waals surface area contributed by atoms with E-state index in [1.165, 1.54) is 7.11 Å². The SMILES string of the molecule is COc1ccc(S(=O)n2cc(C(F)F)c3cc(F)c(F)cc32)cc1N1CCNCC1. The summed E-state index contributed by atoms with van der Waals surface area (Å²) in [6, 6.07) is 6.39. The van der Waals surface area contributed by atoms with Gasteiger partial charge in [0.2, 0.25) is 0 Å². The molecule has 5 nitrogen and oxygen atoms in total. The first-order valence-corrected chi connectivity index (χ1v) is 10.4. The molecule has 1 aliphatic heterocycles. The molecular weight excluding hydrogens is 422 g/mol. The largest absolute Gasteiger partial charge is 0.495 e. The molecule has 1 aromatic heterocycles. The number of piperazine rings is 1. The molecule has 1 saturated heterocycles. The van der Waals surface area contributed by atoms with Crippen molar-refractivity contribution in [3.05, 3.63) is 53.7 Å². The van der Waals surface area contributed by atoms with E-state index in [1.54, 1.807) is 18.2 Å². The highest BCUT2D eigenvalue weighted by atomic mass is 32.2. The van der Waals surface area contributed by atoms with Crippen LogP contribution in [0.3, 0.4) is 0 Å². The molecule has 2 aromatic carbocycles. The predicted octanol–water partition coefficient (Wildman–Crippen LogP) is 3.85. The number of aromatic nitrogens is 1. The molecule has 0 saturated carbocycles. The zero-order valence-corrected chi connectivity index (χ0v) is 16.8. The molecule has 1 unspecified atom stereocenters. The molecule has 10 heteroatoms. The quantitative estimate of drug-likeness (QED) is 0.611. The monoisotopic (exact) mass is 441 g/mol. The number of fused-ring (bicyclic) bond motifs is 1. The molecule has 0 radical (unpaired) electrons. The van der Waals surface area contributed by atoms with Gasteiger partial charge in [-0.05, 0) is 24.3 Å². The summed E-state index contributed by atoms with van der Waals surface area (Å²) in [5.41, 5.74) is 0.155. The van der Waals surface area contributed by atoms with Crippen molar-refractivity contribution in [3.63, 3.8) is 0 Å². The zero-order valence-electron chi connectivity index (χ0n) is 16.0. The van der Waals surface area contributed by atoms with E-state index in [0.717, 1.165) is 48.1 Å². The smallest absolute Gasteiger partial charge is 0.265 e. The number of methoxy groups -OCH3 is 1. The molecule has 0 amide bonds. The van der Waals surface area contributed by atoms with Gasteiger partial charge in [0.25, 0.3) is 6.43 Å². The average Bonchev–Trinajstić information content (AvgIpc) is 3.12.